The van der Waals surface area contributed by atoms with Crippen LogP contribution >= 0.6 is 35.6 Å². The second-order valence-electron chi connectivity index (χ2n) is 5.55. The van der Waals surface area contributed by atoms with Gasteiger partial charge >= 0.3 is 0 Å². The molecular weight excluding hydrogens is 463 g/mol. The first-order chi connectivity index (χ1) is 12.2. The average molecular weight is 489 g/mol. The summed E-state index contributed by atoms with van der Waals surface area (Å²) in [7, 11) is 0. The summed E-state index contributed by atoms with van der Waals surface area (Å²) in [5, 5.41) is 7.27. The second-order valence-corrected chi connectivity index (χ2v) is 5.99. The molecule has 0 radical (unpaired) electrons. The molecule has 0 saturated carbocycles. The lowest BCUT2D eigenvalue weighted by Gasteiger charge is -2.12. The van der Waals surface area contributed by atoms with Crippen molar-refractivity contribution in [1.82, 2.24) is 15.6 Å². The van der Waals surface area contributed by atoms with E-state index in [2.05, 4.69) is 20.6 Å². The highest BCUT2D eigenvalue weighted by molar-refractivity contribution is 14.0. The fraction of sp³-hybridized carbons (Fsp3) is 0.368. The van der Waals surface area contributed by atoms with Crippen molar-refractivity contribution in [3.05, 3.63) is 58.9 Å². The van der Waals surface area contributed by atoms with Crippen molar-refractivity contribution in [1.29, 1.82) is 0 Å². The molecule has 1 aromatic heterocycles. The Morgan fingerprint density at radius 2 is 2.08 bits per heavy atom. The number of aliphatic imine (C=N–C) groups is 1. The number of benzene rings is 1. The minimum atomic E-state index is 0. The molecule has 26 heavy (non-hydrogen) atoms. The Hall–Kier alpha value is -1.54. The van der Waals surface area contributed by atoms with Gasteiger partial charge in [-0.25, -0.2) is 4.99 Å². The summed E-state index contributed by atoms with van der Waals surface area (Å²) in [6, 6.07) is 11.5. The number of halogens is 2. The minimum Gasteiger partial charge on any atom is -0.493 e. The number of nitrogens with one attached hydrogen (secondary N) is 2. The highest BCUT2D eigenvalue weighted by Gasteiger charge is 2.01. The molecule has 0 amide bonds. The van der Waals surface area contributed by atoms with Gasteiger partial charge in [-0.3, -0.25) is 4.98 Å². The quantitative estimate of drug-likeness (QED) is 0.253. The molecule has 2 N–H and O–H groups in total. The topological polar surface area (TPSA) is 58.5 Å². The number of guanidine groups is 1. The van der Waals surface area contributed by atoms with Gasteiger partial charge in [0.05, 0.1) is 18.8 Å². The number of hydrogen-bond donors (Lipinski definition) is 2. The van der Waals surface area contributed by atoms with Crippen LogP contribution in [0.2, 0.25) is 5.02 Å². The molecule has 0 spiro atoms. The van der Waals surface area contributed by atoms with Gasteiger partial charge < -0.3 is 15.4 Å². The monoisotopic (exact) mass is 488 g/mol. The molecule has 0 atom stereocenters. The van der Waals surface area contributed by atoms with Crippen molar-refractivity contribution in [2.24, 2.45) is 4.99 Å². The zero-order valence-corrected chi connectivity index (χ0v) is 18.3. The van der Waals surface area contributed by atoms with Crippen LogP contribution in [-0.2, 0) is 6.54 Å². The van der Waals surface area contributed by atoms with Crippen LogP contribution in [-0.4, -0.2) is 30.6 Å². The number of aryl methyl sites for hydroxylation is 1. The fourth-order valence-electron chi connectivity index (χ4n) is 2.23. The lowest BCUT2D eigenvalue weighted by molar-refractivity contribution is 0.309. The van der Waals surface area contributed by atoms with E-state index in [1.165, 1.54) is 0 Å². The van der Waals surface area contributed by atoms with Crippen LogP contribution in [0.15, 0.2) is 47.6 Å². The maximum absolute atomic E-state index is 5.95. The third-order valence-electron chi connectivity index (χ3n) is 3.48. The van der Waals surface area contributed by atoms with Gasteiger partial charge in [0, 0.05) is 24.3 Å². The van der Waals surface area contributed by atoms with Gasteiger partial charge in [0.15, 0.2) is 5.96 Å². The number of ether oxygens (including phenoxy) is 1. The van der Waals surface area contributed by atoms with E-state index in [4.69, 9.17) is 16.3 Å². The molecule has 0 aliphatic rings. The molecule has 7 heteroatoms. The van der Waals surface area contributed by atoms with Crippen molar-refractivity contribution in [3.8, 4) is 5.75 Å². The predicted octanol–water partition coefficient (Wildman–Crippen LogP) is 4.19. The third kappa shape index (κ3) is 8.23. The van der Waals surface area contributed by atoms with E-state index in [0.29, 0.717) is 13.2 Å². The highest BCUT2D eigenvalue weighted by Crippen LogP contribution is 2.21. The SMILES string of the molecule is CCNC(=NCc1ccccn1)NCCCOc1ccc(Cl)cc1C.I. The van der Waals surface area contributed by atoms with Crippen molar-refractivity contribution < 1.29 is 4.74 Å². The summed E-state index contributed by atoms with van der Waals surface area (Å²) in [5.74, 6) is 1.66. The largest absolute Gasteiger partial charge is 0.493 e. The van der Waals surface area contributed by atoms with Gasteiger partial charge in [0.1, 0.15) is 5.75 Å². The van der Waals surface area contributed by atoms with Crippen LogP contribution in [0.25, 0.3) is 0 Å². The number of rotatable bonds is 8. The Morgan fingerprint density at radius 1 is 1.23 bits per heavy atom. The van der Waals surface area contributed by atoms with Crippen molar-refractivity contribution >= 4 is 41.5 Å². The first-order valence-corrected chi connectivity index (χ1v) is 8.88. The standard InChI is InChI=1S/C19H25ClN4O.HI/c1-3-21-19(24-14-17-7-4-5-10-22-17)23-11-6-12-25-18-9-8-16(20)13-15(18)2;/h4-5,7-10,13H,3,6,11-12,14H2,1-2H3,(H2,21,23,24);1H. The summed E-state index contributed by atoms with van der Waals surface area (Å²) in [6.07, 6.45) is 2.65. The van der Waals surface area contributed by atoms with E-state index in [-0.39, 0.29) is 24.0 Å². The zero-order valence-electron chi connectivity index (χ0n) is 15.2. The van der Waals surface area contributed by atoms with E-state index >= 15 is 0 Å². The van der Waals surface area contributed by atoms with E-state index < -0.39 is 0 Å². The molecule has 0 fully saturated rings. The van der Waals surface area contributed by atoms with E-state index in [1.807, 2.05) is 50.2 Å². The number of hydrogen-bond acceptors (Lipinski definition) is 3. The zero-order chi connectivity index (χ0) is 17.9. The first-order valence-electron chi connectivity index (χ1n) is 8.50. The Kier molecular flexibility index (Phi) is 11.0. The molecule has 0 unspecified atom stereocenters. The van der Waals surface area contributed by atoms with Crippen LogP contribution in [0.1, 0.15) is 24.6 Å². The van der Waals surface area contributed by atoms with Crippen LogP contribution in [0.3, 0.4) is 0 Å². The molecule has 142 valence electrons. The van der Waals surface area contributed by atoms with E-state index in [0.717, 1.165) is 47.5 Å². The number of aromatic nitrogens is 1. The van der Waals surface area contributed by atoms with Gasteiger partial charge in [-0.2, -0.15) is 0 Å². The molecule has 5 nitrogen and oxygen atoms in total. The molecule has 0 saturated heterocycles. The van der Waals surface area contributed by atoms with Gasteiger partial charge in [0.25, 0.3) is 0 Å². The maximum Gasteiger partial charge on any atom is 0.191 e. The summed E-state index contributed by atoms with van der Waals surface area (Å²) in [4.78, 5) is 8.82. The Morgan fingerprint density at radius 3 is 2.77 bits per heavy atom. The Balaban J connectivity index is 0.00000338. The molecule has 1 aromatic carbocycles. The smallest absolute Gasteiger partial charge is 0.191 e. The summed E-state index contributed by atoms with van der Waals surface area (Å²) in [6.45, 7) is 6.82. The van der Waals surface area contributed by atoms with Crippen molar-refractivity contribution in [2.75, 3.05) is 19.7 Å². The summed E-state index contributed by atoms with van der Waals surface area (Å²) < 4.78 is 5.79. The normalized spacial score (nSPS) is 10.8. The third-order valence-corrected chi connectivity index (χ3v) is 3.71. The summed E-state index contributed by atoms with van der Waals surface area (Å²) >= 11 is 5.95. The van der Waals surface area contributed by atoms with Gasteiger partial charge in [-0.05, 0) is 56.2 Å². The van der Waals surface area contributed by atoms with Crippen molar-refractivity contribution in [3.63, 3.8) is 0 Å². The molecule has 0 bridgehead atoms. The molecule has 0 aliphatic heterocycles. The first kappa shape index (κ1) is 22.5. The molecule has 1 heterocycles. The van der Waals surface area contributed by atoms with Crippen LogP contribution in [0.4, 0.5) is 0 Å². The highest BCUT2D eigenvalue weighted by atomic mass is 127. The Bertz CT molecular complexity index is 682. The summed E-state index contributed by atoms with van der Waals surface area (Å²) in [5.41, 5.74) is 1.99. The lowest BCUT2D eigenvalue weighted by atomic mass is 10.2. The van der Waals surface area contributed by atoms with Crippen LogP contribution < -0.4 is 15.4 Å². The van der Waals surface area contributed by atoms with E-state index in [9.17, 15) is 0 Å². The minimum absolute atomic E-state index is 0. The van der Waals surface area contributed by atoms with Crippen LogP contribution in [0.5, 0.6) is 5.75 Å². The van der Waals surface area contributed by atoms with E-state index in [1.54, 1.807) is 6.20 Å². The molecule has 0 aliphatic carbocycles. The van der Waals surface area contributed by atoms with Gasteiger partial charge in [0.2, 0.25) is 0 Å². The van der Waals surface area contributed by atoms with Gasteiger partial charge in [-0.1, -0.05) is 17.7 Å². The second kappa shape index (κ2) is 12.8. The molecule has 2 rings (SSSR count). The predicted molar refractivity (Wildman–Crippen MR) is 119 cm³/mol. The van der Waals surface area contributed by atoms with Gasteiger partial charge in [-0.15, -0.1) is 24.0 Å². The molecule has 2 aromatic rings. The lowest BCUT2D eigenvalue weighted by Crippen LogP contribution is -2.38. The number of nitrogens with zero attached hydrogens (tertiary/aromatic N) is 2. The molecular formula is C19H26ClIN4O. The fourth-order valence-corrected chi connectivity index (χ4v) is 2.46. The average Bonchev–Trinajstić information content (AvgIpc) is 2.62. The maximum atomic E-state index is 5.95. The number of pyridine rings is 1. The Labute approximate surface area is 177 Å². The van der Waals surface area contributed by atoms with Crippen LogP contribution in [0, 0.1) is 6.92 Å². The van der Waals surface area contributed by atoms with Crippen molar-refractivity contribution in [2.45, 2.75) is 26.8 Å².